The highest BCUT2D eigenvalue weighted by atomic mass is 35.5. The standard InChI is InChI=1S/4C19H24ClNO/c2*1-11-7-6-8-13-16(22)9-15-18(17(11)13)14(10-20)12(2)21(15)19(3,4)5;2*1-11(20)17-12(2)21(19(3,4)5)15-10-16(22)13-8-6-7-9-14(13)18(15)17/h2*6-9,12,14,22H,10H2,1-5H3;2*6-12,17,22H,1-5H3/t12-,14+;12-,14-;11-,12+,17-;11-,12-,17-/m0111/s1. The number of rotatable bonds is 4. The summed E-state index contributed by atoms with van der Waals surface area (Å²) in [5.41, 5.74) is 12.0. The van der Waals surface area contributed by atoms with Gasteiger partial charge in [-0.05, 0) is 193 Å². The van der Waals surface area contributed by atoms with Gasteiger partial charge in [0.15, 0.2) is 0 Å². The van der Waals surface area contributed by atoms with Crippen molar-refractivity contribution in [2.24, 2.45) is 0 Å². The van der Waals surface area contributed by atoms with Crippen molar-refractivity contribution < 1.29 is 20.4 Å². The third-order valence-electron chi connectivity index (χ3n) is 19.3. The van der Waals surface area contributed by atoms with E-state index in [4.69, 9.17) is 46.4 Å². The molecule has 0 unspecified atom stereocenters. The zero-order chi connectivity index (χ0) is 64.9. The second kappa shape index (κ2) is 24.5. The van der Waals surface area contributed by atoms with Crippen molar-refractivity contribution in [1.29, 1.82) is 0 Å². The van der Waals surface area contributed by atoms with Crippen molar-refractivity contribution in [3.8, 4) is 23.0 Å². The van der Waals surface area contributed by atoms with E-state index in [0.29, 0.717) is 58.9 Å². The molecule has 12 heteroatoms. The van der Waals surface area contributed by atoms with Crippen molar-refractivity contribution >= 4 is 112 Å². The lowest BCUT2D eigenvalue weighted by atomic mass is 9.89. The van der Waals surface area contributed by atoms with Gasteiger partial charge in [0.05, 0.1) is 0 Å². The first-order valence-electron chi connectivity index (χ1n) is 31.6. The van der Waals surface area contributed by atoms with Crippen LogP contribution in [0.4, 0.5) is 22.7 Å². The first kappa shape index (κ1) is 66.8. The van der Waals surface area contributed by atoms with Crippen LogP contribution >= 0.6 is 46.4 Å². The van der Waals surface area contributed by atoms with Crippen LogP contribution in [0, 0.1) is 13.8 Å². The molecular formula is C76H96Cl4N4O4. The minimum atomic E-state index is -0.0242. The molecule has 0 amide bonds. The number of hydrogen-bond donors (Lipinski definition) is 4. The number of fused-ring (bicyclic) bond motifs is 12. The number of aryl methyl sites for hydroxylation is 2. The van der Waals surface area contributed by atoms with Crippen LogP contribution < -0.4 is 19.6 Å². The minimum absolute atomic E-state index is 0.0161. The minimum Gasteiger partial charge on any atom is -0.507 e. The zero-order valence-electron chi connectivity index (χ0n) is 55.7. The number of nitrogens with zero attached hydrogens (tertiary/aromatic N) is 4. The van der Waals surface area contributed by atoms with E-state index in [0.717, 1.165) is 55.1 Å². The van der Waals surface area contributed by atoms with Crippen LogP contribution in [0.3, 0.4) is 0 Å². The Kier molecular flexibility index (Phi) is 18.6. The van der Waals surface area contributed by atoms with Gasteiger partial charge >= 0.3 is 0 Å². The lowest BCUT2D eigenvalue weighted by Gasteiger charge is -2.40. The summed E-state index contributed by atoms with van der Waals surface area (Å²) in [6.45, 7) is 43.8. The molecule has 8 nitrogen and oxygen atoms in total. The topological polar surface area (TPSA) is 93.9 Å². The van der Waals surface area contributed by atoms with Crippen LogP contribution in [-0.2, 0) is 0 Å². The van der Waals surface area contributed by atoms with E-state index in [2.05, 4.69) is 182 Å². The molecule has 88 heavy (non-hydrogen) atoms. The number of hydrogen-bond acceptors (Lipinski definition) is 8. The van der Waals surface area contributed by atoms with Gasteiger partial charge in [-0.25, -0.2) is 0 Å². The van der Waals surface area contributed by atoms with E-state index in [-0.39, 0.29) is 56.6 Å². The van der Waals surface area contributed by atoms with Gasteiger partial charge in [0.2, 0.25) is 0 Å². The number of phenols is 4. The summed E-state index contributed by atoms with van der Waals surface area (Å²) in [6, 6.07) is 37.2. The monoisotopic (exact) mass is 1270 g/mol. The number of phenolic OH excluding ortho intramolecular Hbond substituents is 4. The molecule has 0 spiro atoms. The normalized spacial score (nSPS) is 22.2. The van der Waals surface area contributed by atoms with Gasteiger partial charge in [-0.1, -0.05) is 84.9 Å². The highest BCUT2D eigenvalue weighted by molar-refractivity contribution is 6.22. The molecule has 0 radical (unpaired) electrons. The van der Waals surface area contributed by atoms with Gasteiger partial charge in [0.25, 0.3) is 0 Å². The largest absolute Gasteiger partial charge is 0.507 e. The van der Waals surface area contributed by atoms with E-state index < -0.39 is 0 Å². The van der Waals surface area contributed by atoms with Crippen LogP contribution in [0.1, 0.15) is 182 Å². The highest BCUT2D eigenvalue weighted by Crippen LogP contribution is 2.56. The van der Waals surface area contributed by atoms with Crippen molar-refractivity contribution in [3.05, 3.63) is 143 Å². The van der Waals surface area contributed by atoms with E-state index in [1.807, 2.05) is 84.9 Å². The molecular weight excluding hydrogens is 1170 g/mol. The lowest BCUT2D eigenvalue weighted by Crippen LogP contribution is -2.46. The molecule has 8 aromatic rings. The zero-order valence-corrected chi connectivity index (χ0v) is 58.7. The maximum Gasteiger partial charge on any atom is 0.125 e. The molecule has 472 valence electrons. The first-order valence-corrected chi connectivity index (χ1v) is 33.5. The van der Waals surface area contributed by atoms with Crippen molar-refractivity contribution in [3.63, 3.8) is 0 Å². The van der Waals surface area contributed by atoms with Crippen LogP contribution in [0.5, 0.6) is 23.0 Å². The van der Waals surface area contributed by atoms with Crippen molar-refractivity contribution in [2.45, 2.75) is 219 Å². The van der Waals surface area contributed by atoms with Gasteiger partial charge in [0.1, 0.15) is 23.0 Å². The lowest BCUT2D eigenvalue weighted by molar-refractivity contribution is 0.432. The predicted octanol–water partition coefficient (Wildman–Crippen LogP) is 20.9. The Bertz CT molecular complexity index is 3630. The molecule has 0 aromatic heterocycles. The predicted molar refractivity (Wildman–Crippen MR) is 382 cm³/mol. The molecule has 12 rings (SSSR count). The number of halogens is 4. The van der Waals surface area contributed by atoms with Gasteiger partial charge in [-0.3, -0.25) is 0 Å². The Labute approximate surface area is 545 Å². The molecule has 4 aliphatic rings. The summed E-state index contributed by atoms with van der Waals surface area (Å²) >= 11 is 25.8. The highest BCUT2D eigenvalue weighted by Gasteiger charge is 2.47. The molecule has 10 atom stereocenters. The molecule has 0 fully saturated rings. The van der Waals surface area contributed by atoms with Gasteiger partial charge in [-0.2, -0.15) is 0 Å². The maximum atomic E-state index is 10.5. The van der Waals surface area contributed by atoms with Gasteiger partial charge in [-0.15, -0.1) is 46.4 Å². The maximum absolute atomic E-state index is 10.5. The summed E-state index contributed by atoms with van der Waals surface area (Å²) < 4.78 is 0. The van der Waals surface area contributed by atoms with Gasteiger partial charge in [0, 0.05) is 161 Å². The Morgan fingerprint density at radius 2 is 0.625 bits per heavy atom. The van der Waals surface area contributed by atoms with Crippen LogP contribution in [-0.4, -0.2) is 89.3 Å². The van der Waals surface area contributed by atoms with E-state index in [1.54, 1.807) is 0 Å². The van der Waals surface area contributed by atoms with Crippen molar-refractivity contribution in [1.82, 2.24) is 0 Å². The second-order valence-electron chi connectivity index (χ2n) is 29.5. The number of aromatic hydroxyl groups is 4. The molecule has 4 N–H and O–H groups in total. The van der Waals surface area contributed by atoms with Crippen LogP contribution in [0.25, 0.3) is 43.1 Å². The Balaban J connectivity index is 0.000000140. The molecule has 0 saturated carbocycles. The SMILES string of the molecule is C[C@@H](Cl)[C@H]1c2c(cc(O)c3ccccc23)N(C(C)(C)C)[C@H]1C.C[C@@H]1[C@@H]([C@@H](C)Cl)c2c(cc(O)c3ccccc23)N1C(C)(C)C.Cc1cccc2c(O)cc3c(c12)[C@H](CCl)[C@@H](C)N3C(C)(C)C.Cc1cccc2c(O)cc3c(c12)[C@H](CCl)[C@H](C)N3C(C)(C)C. The van der Waals surface area contributed by atoms with Gasteiger partial charge < -0.3 is 40.0 Å². The van der Waals surface area contributed by atoms with Crippen LogP contribution in [0.2, 0.25) is 0 Å². The Morgan fingerprint density at radius 1 is 0.375 bits per heavy atom. The Hall–Kier alpha value is -5.64. The van der Waals surface area contributed by atoms with Crippen LogP contribution in [0.15, 0.2) is 109 Å². The summed E-state index contributed by atoms with van der Waals surface area (Å²) in [6.07, 6.45) is 0. The molecule has 8 aromatic carbocycles. The fraction of sp³-hybridized carbons (Fsp3) is 0.474. The van der Waals surface area contributed by atoms with E-state index in [1.165, 1.54) is 44.2 Å². The molecule has 0 aliphatic carbocycles. The molecule has 0 bridgehead atoms. The summed E-state index contributed by atoms with van der Waals surface area (Å²) in [5, 5.41) is 50.3. The number of anilines is 4. The fourth-order valence-electron chi connectivity index (χ4n) is 16.3. The Morgan fingerprint density at radius 3 is 0.898 bits per heavy atom. The third kappa shape index (κ3) is 11.7. The summed E-state index contributed by atoms with van der Waals surface area (Å²) in [4.78, 5) is 9.61. The van der Waals surface area contributed by atoms with Crippen molar-refractivity contribution in [2.75, 3.05) is 31.4 Å². The smallest absolute Gasteiger partial charge is 0.125 e. The van der Waals surface area contributed by atoms with E-state index >= 15 is 0 Å². The average molecular weight is 1270 g/mol. The molecule has 4 heterocycles. The molecule has 0 saturated heterocycles. The average Bonchev–Trinajstić information content (AvgIpc) is 2.08. The fourth-order valence-corrected chi connectivity index (χ4v) is 17.8. The first-order chi connectivity index (χ1) is 41.0. The number of alkyl halides is 4. The quantitative estimate of drug-likeness (QED) is 0.130. The summed E-state index contributed by atoms with van der Waals surface area (Å²) in [5.74, 6) is 3.65. The summed E-state index contributed by atoms with van der Waals surface area (Å²) in [7, 11) is 0. The second-order valence-corrected chi connectivity index (χ2v) is 31.4. The van der Waals surface area contributed by atoms with E-state index in [9.17, 15) is 20.4 Å². The number of benzene rings is 8. The molecule has 4 aliphatic heterocycles. The third-order valence-corrected chi connectivity index (χ3v) is 20.5.